The maximum Gasteiger partial charge on any atom is 0.323 e. The predicted octanol–water partition coefficient (Wildman–Crippen LogP) is 4.40. The quantitative estimate of drug-likeness (QED) is 0.880. The number of nitrogens with one attached hydrogen (secondary N) is 2. The Hall–Kier alpha value is -2.63. The average Bonchev–Trinajstić information content (AvgIpc) is 2.36. The molecule has 2 N–H and O–H groups in total. The van der Waals surface area contributed by atoms with Crippen molar-refractivity contribution in [3.8, 4) is 5.75 Å². The maximum absolute atomic E-state index is 13.1. The minimum Gasteiger partial charge on any atom is -0.491 e. The van der Waals surface area contributed by atoms with Crippen molar-refractivity contribution in [2.24, 2.45) is 0 Å². The van der Waals surface area contributed by atoms with E-state index in [1.165, 1.54) is 0 Å². The molecule has 2 amide bonds. The number of amides is 2. The lowest BCUT2D eigenvalue weighted by atomic mass is 10.3. The van der Waals surface area contributed by atoms with Crippen LogP contribution in [-0.2, 0) is 0 Å². The number of carbonyl (C=O) groups excluding carboxylic acids is 1. The molecule has 0 aliphatic rings. The molecule has 4 nitrogen and oxygen atoms in total. The van der Waals surface area contributed by atoms with Crippen LogP contribution in [0.15, 0.2) is 42.5 Å². The fourth-order valence-electron chi connectivity index (χ4n) is 1.84. The third-order valence-corrected chi connectivity index (χ3v) is 2.58. The first-order chi connectivity index (χ1) is 10.4. The molecule has 0 radical (unpaired) electrons. The summed E-state index contributed by atoms with van der Waals surface area (Å²) in [6, 6.07) is 9.02. The number of carbonyl (C=O) groups is 1. The highest BCUT2D eigenvalue weighted by atomic mass is 19.1. The molecular weight excluding hydrogens is 290 g/mol. The molecule has 0 fully saturated rings. The fourth-order valence-corrected chi connectivity index (χ4v) is 1.84. The second-order valence-electron chi connectivity index (χ2n) is 4.93. The van der Waals surface area contributed by atoms with Crippen molar-refractivity contribution in [1.29, 1.82) is 0 Å². The lowest BCUT2D eigenvalue weighted by molar-refractivity contribution is 0.242. The summed E-state index contributed by atoms with van der Waals surface area (Å²) in [6.45, 7) is 3.79. The van der Waals surface area contributed by atoms with E-state index in [0.29, 0.717) is 11.4 Å². The summed E-state index contributed by atoms with van der Waals surface area (Å²) >= 11 is 0. The van der Waals surface area contributed by atoms with Crippen molar-refractivity contribution in [2.75, 3.05) is 10.6 Å². The molecule has 0 saturated heterocycles. The molecule has 2 aromatic carbocycles. The fraction of sp³-hybridized carbons (Fsp3) is 0.188. The van der Waals surface area contributed by atoms with Crippen LogP contribution >= 0.6 is 0 Å². The summed E-state index contributed by atoms with van der Waals surface area (Å²) in [4.78, 5) is 11.8. The summed E-state index contributed by atoms with van der Waals surface area (Å²) in [5, 5.41) is 4.93. The zero-order valence-corrected chi connectivity index (χ0v) is 12.2. The molecule has 0 unspecified atom stereocenters. The molecule has 0 heterocycles. The van der Waals surface area contributed by atoms with E-state index in [1.807, 2.05) is 13.8 Å². The number of ether oxygens (including phenoxy) is 1. The molecule has 0 aliphatic carbocycles. The molecule has 6 heteroatoms. The highest BCUT2D eigenvalue weighted by molar-refractivity contribution is 5.99. The normalized spacial score (nSPS) is 10.4. The number of hydrogen-bond acceptors (Lipinski definition) is 2. The van der Waals surface area contributed by atoms with Gasteiger partial charge in [-0.15, -0.1) is 0 Å². The number of anilines is 2. The van der Waals surface area contributed by atoms with Crippen LogP contribution in [0.3, 0.4) is 0 Å². The Morgan fingerprint density at radius 2 is 1.64 bits per heavy atom. The first kappa shape index (κ1) is 15.8. The molecule has 0 saturated carbocycles. The van der Waals surface area contributed by atoms with Gasteiger partial charge in [0.1, 0.15) is 17.4 Å². The van der Waals surface area contributed by atoms with Crippen LogP contribution in [0.4, 0.5) is 25.0 Å². The second kappa shape index (κ2) is 6.89. The molecular formula is C16H16F2N2O2. The molecule has 0 aliphatic heterocycles. The van der Waals surface area contributed by atoms with Gasteiger partial charge in [-0.3, -0.25) is 0 Å². The Labute approximate surface area is 127 Å². The average molecular weight is 306 g/mol. The summed E-state index contributed by atoms with van der Waals surface area (Å²) in [5.74, 6) is -0.908. The summed E-state index contributed by atoms with van der Waals surface area (Å²) in [5.41, 5.74) is 0.539. The molecule has 22 heavy (non-hydrogen) atoms. The van der Waals surface area contributed by atoms with Crippen molar-refractivity contribution < 1.29 is 18.3 Å². The SMILES string of the molecule is CC(C)Oc1cccc(NC(=O)Nc2cc(F)cc(F)c2)c1. The zero-order valence-electron chi connectivity index (χ0n) is 12.2. The molecule has 0 atom stereocenters. The van der Waals surface area contributed by atoms with Crippen LogP contribution in [-0.4, -0.2) is 12.1 Å². The number of urea groups is 1. The minimum atomic E-state index is -0.761. The van der Waals surface area contributed by atoms with E-state index in [9.17, 15) is 13.6 Å². The third kappa shape index (κ3) is 4.73. The maximum atomic E-state index is 13.1. The standard InChI is InChI=1S/C16H16F2N2O2/c1-10(2)22-15-5-3-4-13(9-15)19-16(21)20-14-7-11(17)6-12(18)8-14/h3-10H,1-2H3,(H2,19,20,21). The molecule has 2 aromatic rings. The van der Waals surface area contributed by atoms with Crippen LogP contribution in [0.2, 0.25) is 0 Å². The van der Waals surface area contributed by atoms with E-state index in [2.05, 4.69) is 10.6 Å². The zero-order chi connectivity index (χ0) is 16.1. The van der Waals surface area contributed by atoms with Crippen LogP contribution in [0.25, 0.3) is 0 Å². The third-order valence-electron chi connectivity index (χ3n) is 2.58. The Bertz CT molecular complexity index is 655. The van der Waals surface area contributed by atoms with Crippen molar-refractivity contribution >= 4 is 17.4 Å². The van der Waals surface area contributed by atoms with Gasteiger partial charge in [-0.05, 0) is 38.1 Å². The monoisotopic (exact) mass is 306 g/mol. The van der Waals surface area contributed by atoms with Gasteiger partial charge < -0.3 is 15.4 Å². The van der Waals surface area contributed by atoms with E-state index in [1.54, 1.807) is 24.3 Å². The predicted molar refractivity (Wildman–Crippen MR) is 81.2 cm³/mol. The summed E-state index contributed by atoms with van der Waals surface area (Å²) < 4.78 is 31.6. The smallest absolute Gasteiger partial charge is 0.323 e. The second-order valence-corrected chi connectivity index (χ2v) is 4.93. The van der Waals surface area contributed by atoms with Crippen molar-refractivity contribution in [1.82, 2.24) is 0 Å². The van der Waals surface area contributed by atoms with E-state index in [4.69, 9.17) is 4.74 Å². The van der Waals surface area contributed by atoms with E-state index < -0.39 is 17.7 Å². The van der Waals surface area contributed by atoms with Crippen LogP contribution in [0.5, 0.6) is 5.75 Å². The molecule has 0 bridgehead atoms. The van der Waals surface area contributed by atoms with Gasteiger partial charge in [0, 0.05) is 23.5 Å². The molecule has 0 aromatic heterocycles. The van der Waals surface area contributed by atoms with Crippen LogP contribution in [0.1, 0.15) is 13.8 Å². The van der Waals surface area contributed by atoms with Gasteiger partial charge in [0.15, 0.2) is 0 Å². The lowest BCUT2D eigenvalue weighted by Gasteiger charge is -2.12. The van der Waals surface area contributed by atoms with Crippen molar-refractivity contribution in [3.05, 3.63) is 54.1 Å². The molecule has 2 rings (SSSR count). The highest BCUT2D eigenvalue weighted by Crippen LogP contribution is 2.19. The summed E-state index contributed by atoms with van der Waals surface area (Å²) in [6.07, 6.45) is 0.0133. The Morgan fingerprint density at radius 3 is 2.27 bits per heavy atom. The molecule has 0 spiro atoms. The summed E-state index contributed by atoms with van der Waals surface area (Å²) in [7, 11) is 0. The van der Waals surface area contributed by atoms with Gasteiger partial charge in [0.2, 0.25) is 0 Å². The van der Waals surface area contributed by atoms with Crippen molar-refractivity contribution in [2.45, 2.75) is 20.0 Å². The van der Waals surface area contributed by atoms with Gasteiger partial charge in [-0.2, -0.15) is 0 Å². The van der Waals surface area contributed by atoms with E-state index >= 15 is 0 Å². The number of benzene rings is 2. The van der Waals surface area contributed by atoms with Crippen molar-refractivity contribution in [3.63, 3.8) is 0 Å². The topological polar surface area (TPSA) is 50.4 Å². The Balaban J connectivity index is 2.02. The first-order valence-corrected chi connectivity index (χ1v) is 6.73. The van der Waals surface area contributed by atoms with Gasteiger partial charge in [-0.1, -0.05) is 6.07 Å². The number of hydrogen-bond donors (Lipinski definition) is 2. The van der Waals surface area contributed by atoms with E-state index in [0.717, 1.165) is 18.2 Å². The van der Waals surface area contributed by atoms with Crippen LogP contribution < -0.4 is 15.4 Å². The lowest BCUT2D eigenvalue weighted by Crippen LogP contribution is -2.19. The number of halogens is 2. The van der Waals surface area contributed by atoms with E-state index in [-0.39, 0.29) is 11.8 Å². The van der Waals surface area contributed by atoms with Gasteiger partial charge in [-0.25, -0.2) is 13.6 Å². The van der Waals surface area contributed by atoms with Gasteiger partial charge >= 0.3 is 6.03 Å². The Kier molecular flexibility index (Phi) is 4.93. The minimum absolute atomic E-state index is 0.0133. The highest BCUT2D eigenvalue weighted by Gasteiger charge is 2.07. The largest absolute Gasteiger partial charge is 0.491 e. The first-order valence-electron chi connectivity index (χ1n) is 6.73. The Morgan fingerprint density at radius 1 is 1.00 bits per heavy atom. The number of rotatable bonds is 4. The molecule has 116 valence electrons. The van der Waals surface area contributed by atoms with Crippen LogP contribution in [0, 0.1) is 11.6 Å². The van der Waals surface area contributed by atoms with Gasteiger partial charge in [0.25, 0.3) is 0 Å². The van der Waals surface area contributed by atoms with Gasteiger partial charge in [0.05, 0.1) is 6.10 Å².